The van der Waals surface area contributed by atoms with Crippen LogP contribution in [-0.4, -0.2) is 9.97 Å². The summed E-state index contributed by atoms with van der Waals surface area (Å²) in [6.07, 6.45) is 2.87. The lowest BCUT2D eigenvalue weighted by Crippen LogP contribution is -2.11. The number of anilines is 2. The summed E-state index contributed by atoms with van der Waals surface area (Å²) >= 11 is 13.6. The Hall–Kier alpha value is -1.08. The summed E-state index contributed by atoms with van der Waals surface area (Å²) in [5.74, 6) is 6.22. The van der Waals surface area contributed by atoms with Gasteiger partial charge in [-0.15, -0.1) is 11.3 Å². The van der Waals surface area contributed by atoms with E-state index in [2.05, 4.69) is 27.6 Å². The molecule has 0 aliphatic carbocycles. The highest BCUT2D eigenvalue weighted by Gasteiger charge is 2.09. The molecule has 0 amide bonds. The van der Waals surface area contributed by atoms with Crippen LogP contribution in [0.2, 0.25) is 10.0 Å². The number of nitrogen functional groups attached to an aromatic ring is 1. The number of nitrogens with two attached hydrogens (primary N) is 1. The van der Waals surface area contributed by atoms with Crippen molar-refractivity contribution in [2.75, 3.05) is 10.7 Å². The number of aryl methyl sites for hydroxylation is 1. The molecule has 0 unspecified atom stereocenters. The van der Waals surface area contributed by atoms with Crippen LogP contribution in [0.5, 0.6) is 0 Å². The summed E-state index contributed by atoms with van der Waals surface area (Å²) in [5, 5.41) is 4.91. The second-order valence-electron chi connectivity index (χ2n) is 3.72. The molecular weight excluding hydrogens is 305 g/mol. The fraction of sp³-hybridized carbons (Fsp3) is 0.273. The predicted octanol–water partition coefficient (Wildman–Crippen LogP) is 3.31. The number of hydrogen-bond donors (Lipinski definition) is 3. The highest BCUT2D eigenvalue weighted by molar-refractivity contribution is 7.11. The molecule has 8 heteroatoms. The molecule has 5 nitrogen and oxygen atoms in total. The number of rotatable bonds is 5. The number of hydrazine groups is 1. The third kappa shape index (κ3) is 3.48. The Kier molecular flexibility index (Phi) is 4.81. The van der Waals surface area contributed by atoms with Gasteiger partial charge in [-0.25, -0.2) is 15.8 Å². The fourth-order valence-electron chi connectivity index (χ4n) is 1.44. The van der Waals surface area contributed by atoms with Crippen LogP contribution >= 0.6 is 34.5 Å². The molecule has 2 aromatic heterocycles. The van der Waals surface area contributed by atoms with Crippen molar-refractivity contribution in [3.63, 3.8) is 0 Å². The zero-order valence-corrected chi connectivity index (χ0v) is 12.5. The molecule has 102 valence electrons. The summed E-state index contributed by atoms with van der Waals surface area (Å²) in [7, 11) is 0. The van der Waals surface area contributed by atoms with Crippen molar-refractivity contribution in [3.05, 3.63) is 32.2 Å². The topological polar surface area (TPSA) is 75.9 Å². The van der Waals surface area contributed by atoms with Crippen molar-refractivity contribution in [2.24, 2.45) is 5.84 Å². The maximum absolute atomic E-state index is 6.06. The van der Waals surface area contributed by atoms with Gasteiger partial charge in [-0.05, 0) is 12.5 Å². The van der Waals surface area contributed by atoms with Crippen molar-refractivity contribution in [1.82, 2.24) is 9.97 Å². The first-order chi connectivity index (χ1) is 9.13. The minimum absolute atomic E-state index is 0.376. The van der Waals surface area contributed by atoms with Gasteiger partial charge in [0, 0.05) is 11.1 Å². The summed E-state index contributed by atoms with van der Waals surface area (Å²) < 4.78 is 0. The van der Waals surface area contributed by atoms with Crippen LogP contribution in [0.25, 0.3) is 0 Å². The van der Waals surface area contributed by atoms with Gasteiger partial charge < -0.3 is 10.7 Å². The molecule has 0 bridgehead atoms. The number of aromatic nitrogens is 2. The monoisotopic (exact) mass is 317 g/mol. The van der Waals surface area contributed by atoms with Gasteiger partial charge in [0.2, 0.25) is 0 Å². The first-order valence-corrected chi connectivity index (χ1v) is 7.21. The molecule has 2 rings (SSSR count). The summed E-state index contributed by atoms with van der Waals surface area (Å²) in [6, 6.07) is 1.59. The molecule has 0 aromatic carbocycles. The smallest absolute Gasteiger partial charge is 0.161 e. The third-order valence-electron chi connectivity index (χ3n) is 2.42. The van der Waals surface area contributed by atoms with Gasteiger partial charge >= 0.3 is 0 Å². The van der Waals surface area contributed by atoms with E-state index in [4.69, 9.17) is 29.0 Å². The maximum atomic E-state index is 6.06. The average Bonchev–Trinajstić information content (AvgIpc) is 2.86. The quantitative estimate of drug-likeness (QED) is 0.582. The van der Waals surface area contributed by atoms with Crippen LogP contribution in [0.15, 0.2) is 12.3 Å². The van der Waals surface area contributed by atoms with Crippen LogP contribution < -0.4 is 16.6 Å². The van der Waals surface area contributed by atoms with Crippen molar-refractivity contribution in [3.8, 4) is 0 Å². The lowest BCUT2D eigenvalue weighted by molar-refractivity contribution is 1.07. The molecule has 0 radical (unpaired) electrons. The van der Waals surface area contributed by atoms with E-state index in [0.717, 1.165) is 11.4 Å². The molecule has 0 aliphatic heterocycles. The molecule has 0 saturated carbocycles. The molecule has 2 aromatic rings. The first-order valence-electron chi connectivity index (χ1n) is 5.64. The van der Waals surface area contributed by atoms with Gasteiger partial charge in [-0.1, -0.05) is 30.1 Å². The molecule has 0 spiro atoms. The Labute approximate surface area is 125 Å². The van der Waals surface area contributed by atoms with Gasteiger partial charge in [-0.2, -0.15) is 0 Å². The summed E-state index contributed by atoms with van der Waals surface area (Å²) in [6.45, 7) is 2.66. The van der Waals surface area contributed by atoms with Crippen molar-refractivity contribution in [1.29, 1.82) is 0 Å². The van der Waals surface area contributed by atoms with E-state index in [1.54, 1.807) is 17.4 Å². The molecule has 0 aliphatic rings. The molecule has 0 saturated heterocycles. The normalized spacial score (nSPS) is 10.5. The Morgan fingerprint density at radius 1 is 1.32 bits per heavy atom. The highest BCUT2D eigenvalue weighted by atomic mass is 35.5. The Balaban J connectivity index is 2.10. The SMILES string of the molecule is CCc1cnc(CNc2nc(NN)c(Cl)cc2Cl)s1. The van der Waals surface area contributed by atoms with Crippen molar-refractivity contribution < 1.29 is 0 Å². The number of halogens is 2. The van der Waals surface area contributed by atoms with Crippen LogP contribution in [0.1, 0.15) is 16.8 Å². The first kappa shape index (κ1) is 14.3. The average molecular weight is 318 g/mol. The van der Waals surface area contributed by atoms with Gasteiger partial charge in [0.15, 0.2) is 5.82 Å². The van der Waals surface area contributed by atoms with E-state index in [1.165, 1.54) is 4.88 Å². The molecule has 0 atom stereocenters. The van der Waals surface area contributed by atoms with E-state index in [0.29, 0.717) is 28.2 Å². The van der Waals surface area contributed by atoms with E-state index >= 15 is 0 Å². The molecule has 4 N–H and O–H groups in total. The number of hydrogen-bond acceptors (Lipinski definition) is 6. The van der Waals surface area contributed by atoms with Gasteiger partial charge in [0.05, 0.1) is 16.6 Å². The number of pyridine rings is 1. The second-order valence-corrected chi connectivity index (χ2v) is 5.74. The van der Waals surface area contributed by atoms with Crippen molar-refractivity contribution in [2.45, 2.75) is 19.9 Å². The van der Waals surface area contributed by atoms with Crippen LogP contribution in [0, 0.1) is 0 Å². The molecule has 19 heavy (non-hydrogen) atoms. The van der Waals surface area contributed by atoms with Crippen molar-refractivity contribution >= 4 is 46.2 Å². The summed E-state index contributed by atoms with van der Waals surface area (Å²) in [5.41, 5.74) is 2.42. The minimum atomic E-state index is 0.376. The molecule has 2 heterocycles. The number of nitrogens with zero attached hydrogens (tertiary/aromatic N) is 2. The predicted molar refractivity (Wildman–Crippen MR) is 80.9 cm³/mol. The van der Waals surface area contributed by atoms with Gasteiger partial charge in [0.25, 0.3) is 0 Å². The maximum Gasteiger partial charge on any atom is 0.161 e. The number of nitrogens with one attached hydrogen (secondary N) is 2. The van der Waals surface area contributed by atoms with Gasteiger partial charge in [0.1, 0.15) is 10.8 Å². The second kappa shape index (κ2) is 6.38. The fourth-order valence-corrected chi connectivity index (χ4v) is 2.73. The zero-order valence-electron chi connectivity index (χ0n) is 10.2. The third-order valence-corrected chi connectivity index (χ3v) is 4.14. The number of thiazole rings is 1. The van der Waals surface area contributed by atoms with Crippen LogP contribution in [0.4, 0.5) is 11.6 Å². The molecule has 0 fully saturated rings. The Morgan fingerprint density at radius 2 is 2.05 bits per heavy atom. The standard InChI is InChI=1S/C11H13Cl2N5S/c1-2-6-4-15-9(19-6)5-16-10-7(12)3-8(13)11(17-10)18-14/h3-4H,2,5,14H2,1H3,(H2,16,17,18). The van der Waals surface area contributed by atoms with Gasteiger partial charge in [-0.3, -0.25) is 0 Å². The zero-order chi connectivity index (χ0) is 13.8. The van der Waals surface area contributed by atoms with E-state index < -0.39 is 0 Å². The molecular formula is C11H13Cl2N5S. The lowest BCUT2D eigenvalue weighted by Gasteiger charge is -2.09. The van der Waals surface area contributed by atoms with E-state index in [1.807, 2.05) is 6.20 Å². The summed E-state index contributed by atoms with van der Waals surface area (Å²) in [4.78, 5) is 9.76. The Bertz CT molecular complexity index is 572. The van der Waals surface area contributed by atoms with E-state index in [9.17, 15) is 0 Å². The van der Waals surface area contributed by atoms with Crippen LogP contribution in [0.3, 0.4) is 0 Å². The Morgan fingerprint density at radius 3 is 2.68 bits per heavy atom. The highest BCUT2D eigenvalue weighted by Crippen LogP contribution is 2.29. The minimum Gasteiger partial charge on any atom is -0.362 e. The lowest BCUT2D eigenvalue weighted by atomic mass is 10.4. The van der Waals surface area contributed by atoms with Crippen LogP contribution in [-0.2, 0) is 13.0 Å². The largest absolute Gasteiger partial charge is 0.362 e. The van der Waals surface area contributed by atoms with E-state index in [-0.39, 0.29) is 0 Å².